The molecule has 0 saturated heterocycles. The lowest BCUT2D eigenvalue weighted by Crippen LogP contribution is -2.53. The minimum absolute atomic E-state index is 0.264. The van der Waals surface area contributed by atoms with E-state index in [1.165, 1.54) is 0 Å². The SMILES string of the molecule is N[C@@H](CCC(=O)N[C@@H](CSSC[C@H](NC(=O)CC[C@H](N)C(=O)O)C(=O)N(CC(=O)O)C(=O)CC[C@H](N)C(=O)O)C(=O)NCC(=O)O)C(=O)O. The Morgan fingerprint density at radius 1 is 0.592 bits per heavy atom. The molecule has 5 atom stereocenters. The average Bonchev–Trinajstić information content (AvgIpc) is 3.02. The molecule has 0 bridgehead atoms. The molecule has 0 aliphatic carbocycles. The predicted molar refractivity (Wildman–Crippen MR) is 168 cm³/mol. The number of hydrogen-bond acceptors (Lipinski definition) is 15. The molecule has 0 aliphatic rings. The number of carbonyl (C=O) groups is 10. The van der Waals surface area contributed by atoms with Crippen molar-refractivity contribution in [2.45, 2.75) is 68.7 Å². The van der Waals surface area contributed by atoms with Gasteiger partial charge >= 0.3 is 29.8 Å². The highest BCUT2D eigenvalue weighted by atomic mass is 33.1. The molecule has 0 unspecified atom stereocenters. The van der Waals surface area contributed by atoms with Crippen molar-refractivity contribution in [2.75, 3.05) is 24.6 Å². The van der Waals surface area contributed by atoms with E-state index in [0.29, 0.717) is 0 Å². The third kappa shape index (κ3) is 19.2. The van der Waals surface area contributed by atoms with E-state index >= 15 is 0 Å². The summed E-state index contributed by atoms with van der Waals surface area (Å²) < 4.78 is 0. The smallest absolute Gasteiger partial charge is 0.323 e. The van der Waals surface area contributed by atoms with E-state index in [0.717, 1.165) is 21.6 Å². The van der Waals surface area contributed by atoms with Gasteiger partial charge < -0.3 is 58.7 Å². The second-order valence-corrected chi connectivity index (χ2v) is 12.6. The second-order valence-electron chi connectivity index (χ2n) is 10.1. The first-order chi connectivity index (χ1) is 22.8. The standard InChI is InChI=1S/C25H39N7O15S2/c26-11(23(42)43)1-4-16(33)30-14(21(40)29-7-19(36)37)9-48-49-10-15(31-17(34)5-2-12(27)24(44)45)22(41)32(8-20(38)39)18(35)6-3-13(28)25(46)47/h11-15H,1-10,26-28H2,(H,29,40)(H,30,33)(H,31,34)(H,36,37)(H,38,39)(H,42,43)(H,44,45)(H,46,47)/t11-,12-,13-,14-,15-/m0/s1. The fourth-order valence-electron chi connectivity index (χ4n) is 3.38. The van der Waals surface area contributed by atoms with Gasteiger partial charge in [-0.15, -0.1) is 0 Å². The van der Waals surface area contributed by atoms with Crippen LogP contribution in [0.25, 0.3) is 0 Å². The minimum atomic E-state index is -1.64. The number of imide groups is 1. The molecule has 0 fully saturated rings. The number of carbonyl (C=O) groups excluding carboxylic acids is 5. The Morgan fingerprint density at radius 3 is 1.41 bits per heavy atom. The number of nitrogens with two attached hydrogens (primary N) is 3. The Balaban J connectivity index is 5.91. The van der Waals surface area contributed by atoms with E-state index in [1.54, 1.807) is 0 Å². The molecule has 0 aliphatic heterocycles. The van der Waals surface area contributed by atoms with Gasteiger partial charge in [0.1, 0.15) is 43.3 Å². The largest absolute Gasteiger partial charge is 0.480 e. The summed E-state index contributed by atoms with van der Waals surface area (Å²) in [5, 5.41) is 51.6. The second kappa shape index (κ2) is 22.9. The molecule has 0 rings (SSSR count). The number of aliphatic carboxylic acids is 5. The lowest BCUT2D eigenvalue weighted by Gasteiger charge is -2.26. The van der Waals surface area contributed by atoms with Gasteiger partial charge in [0, 0.05) is 30.8 Å². The van der Waals surface area contributed by atoms with Gasteiger partial charge in [-0.3, -0.25) is 52.8 Å². The van der Waals surface area contributed by atoms with Gasteiger partial charge in [-0.05, 0) is 19.3 Å². The van der Waals surface area contributed by atoms with E-state index in [2.05, 4.69) is 16.0 Å². The van der Waals surface area contributed by atoms with Crippen molar-refractivity contribution in [2.24, 2.45) is 17.2 Å². The summed E-state index contributed by atoms with van der Waals surface area (Å²) in [5.41, 5.74) is 16.1. The Bertz CT molecular complexity index is 1260. The van der Waals surface area contributed by atoms with E-state index < -0.39 is 134 Å². The minimum Gasteiger partial charge on any atom is -0.480 e. The summed E-state index contributed by atoms with van der Waals surface area (Å²) in [4.78, 5) is 119. The molecule has 0 aromatic rings. The fourth-order valence-corrected chi connectivity index (χ4v) is 5.70. The van der Waals surface area contributed by atoms with Gasteiger partial charge in [-0.1, -0.05) is 21.6 Å². The number of carboxylic acids is 5. The van der Waals surface area contributed by atoms with Crippen molar-refractivity contribution >= 4 is 81.0 Å². The van der Waals surface area contributed by atoms with Crippen molar-refractivity contribution in [1.82, 2.24) is 20.9 Å². The first-order valence-electron chi connectivity index (χ1n) is 14.1. The first kappa shape index (κ1) is 44.5. The van der Waals surface area contributed by atoms with Gasteiger partial charge in [0.25, 0.3) is 5.91 Å². The highest BCUT2D eigenvalue weighted by molar-refractivity contribution is 8.76. The summed E-state index contributed by atoms with van der Waals surface area (Å²) in [5.74, 6) is -13.0. The monoisotopic (exact) mass is 741 g/mol. The third-order valence-corrected chi connectivity index (χ3v) is 8.52. The molecule has 14 N–H and O–H groups in total. The van der Waals surface area contributed by atoms with Crippen LogP contribution in [0.15, 0.2) is 0 Å². The third-order valence-electron chi connectivity index (χ3n) is 6.10. The maximum Gasteiger partial charge on any atom is 0.323 e. The summed E-state index contributed by atoms with van der Waals surface area (Å²) >= 11 is 0. The van der Waals surface area contributed by atoms with Gasteiger partial charge in [0.15, 0.2) is 0 Å². The van der Waals surface area contributed by atoms with Crippen LogP contribution >= 0.6 is 21.6 Å². The Labute approximate surface area is 285 Å². The maximum absolute atomic E-state index is 13.4. The Hall–Kier alpha value is -4.52. The van der Waals surface area contributed by atoms with E-state index in [9.17, 15) is 53.1 Å². The van der Waals surface area contributed by atoms with Crippen LogP contribution in [0.5, 0.6) is 0 Å². The van der Waals surface area contributed by atoms with Crippen LogP contribution in [0.4, 0.5) is 0 Å². The van der Waals surface area contributed by atoms with Crippen LogP contribution in [-0.2, 0) is 47.9 Å². The lowest BCUT2D eigenvalue weighted by atomic mass is 10.1. The number of carboxylic acid groups (broad SMARTS) is 5. The predicted octanol–water partition coefficient (Wildman–Crippen LogP) is -4.45. The van der Waals surface area contributed by atoms with Crippen molar-refractivity contribution in [1.29, 1.82) is 0 Å². The van der Waals surface area contributed by atoms with Crippen LogP contribution in [0, 0.1) is 0 Å². The molecule has 0 saturated carbocycles. The summed E-state index contributed by atoms with van der Waals surface area (Å²) in [6, 6.07) is -7.36. The summed E-state index contributed by atoms with van der Waals surface area (Å²) in [6.07, 6.45) is -2.69. The van der Waals surface area contributed by atoms with Crippen LogP contribution in [0.1, 0.15) is 38.5 Å². The first-order valence-corrected chi connectivity index (χ1v) is 16.6. The molecule has 22 nitrogen and oxygen atoms in total. The molecule has 0 aromatic carbocycles. The average molecular weight is 742 g/mol. The molecule has 0 radical (unpaired) electrons. The van der Waals surface area contributed by atoms with Crippen LogP contribution in [0.2, 0.25) is 0 Å². The van der Waals surface area contributed by atoms with E-state index in [1.807, 2.05) is 0 Å². The highest BCUT2D eigenvalue weighted by Crippen LogP contribution is 2.24. The molecule has 49 heavy (non-hydrogen) atoms. The van der Waals surface area contributed by atoms with Crippen LogP contribution in [-0.4, -0.2) is 145 Å². The molecule has 5 amide bonds. The molecule has 24 heteroatoms. The molecule has 0 spiro atoms. The normalized spacial score (nSPS) is 13.8. The van der Waals surface area contributed by atoms with Gasteiger partial charge in [0.2, 0.25) is 23.6 Å². The van der Waals surface area contributed by atoms with Gasteiger partial charge in [-0.2, -0.15) is 0 Å². The molecular weight excluding hydrogens is 702 g/mol. The van der Waals surface area contributed by atoms with Gasteiger partial charge in [0.05, 0.1) is 0 Å². The lowest BCUT2D eigenvalue weighted by molar-refractivity contribution is -0.154. The fraction of sp³-hybridized carbons (Fsp3) is 0.600. The Morgan fingerprint density at radius 2 is 1.00 bits per heavy atom. The quantitative estimate of drug-likeness (QED) is 0.0310. The van der Waals surface area contributed by atoms with Crippen molar-refractivity contribution < 1.29 is 73.5 Å². The molecule has 0 aromatic heterocycles. The topological polar surface area (TPSA) is 389 Å². The van der Waals surface area contributed by atoms with Gasteiger partial charge in [-0.25, -0.2) is 0 Å². The molecule has 276 valence electrons. The zero-order chi connectivity index (χ0) is 37.8. The number of nitrogens with zero attached hydrogens (tertiary/aromatic N) is 1. The van der Waals surface area contributed by atoms with Crippen molar-refractivity contribution in [3.8, 4) is 0 Å². The maximum atomic E-state index is 13.4. The summed E-state index contributed by atoms with van der Waals surface area (Å²) in [7, 11) is 1.60. The molecule has 0 heterocycles. The number of hydrogen-bond donors (Lipinski definition) is 11. The van der Waals surface area contributed by atoms with E-state index in [-0.39, 0.29) is 23.5 Å². The Kier molecular flexibility index (Phi) is 20.8. The highest BCUT2D eigenvalue weighted by Gasteiger charge is 2.33. The zero-order valence-corrected chi connectivity index (χ0v) is 27.4. The number of rotatable bonds is 25. The van der Waals surface area contributed by atoms with Crippen LogP contribution in [0.3, 0.4) is 0 Å². The van der Waals surface area contributed by atoms with Crippen molar-refractivity contribution in [3.63, 3.8) is 0 Å². The molecular formula is C25H39N7O15S2. The zero-order valence-electron chi connectivity index (χ0n) is 25.8. The number of nitrogens with one attached hydrogen (secondary N) is 3. The van der Waals surface area contributed by atoms with Crippen LogP contribution < -0.4 is 33.2 Å². The van der Waals surface area contributed by atoms with E-state index in [4.69, 9.17) is 37.6 Å². The van der Waals surface area contributed by atoms with Crippen molar-refractivity contribution in [3.05, 3.63) is 0 Å². The number of amides is 5. The summed E-state index contributed by atoms with van der Waals surface area (Å²) in [6.45, 7) is -2.00.